The van der Waals surface area contributed by atoms with Crippen LogP contribution in [0.15, 0.2) is 61.1 Å². The largest absolute Gasteiger partial charge is 0.268 e. The van der Waals surface area contributed by atoms with E-state index in [1.807, 2.05) is 29.2 Å². The zero-order valence-electron chi connectivity index (χ0n) is 12.4. The van der Waals surface area contributed by atoms with Crippen LogP contribution in [0.25, 0.3) is 11.3 Å². The summed E-state index contributed by atoms with van der Waals surface area (Å²) in [4.78, 5) is 4.54. The van der Waals surface area contributed by atoms with E-state index in [0.717, 1.165) is 17.8 Å². The molecule has 0 atom stereocenters. The highest BCUT2D eigenvalue weighted by molar-refractivity contribution is 5.62. The quantitative estimate of drug-likeness (QED) is 0.718. The first kappa shape index (κ1) is 13.6. The minimum absolute atomic E-state index is 0.450. The minimum Gasteiger partial charge on any atom is -0.268 e. The zero-order chi connectivity index (χ0) is 14.7. The summed E-state index contributed by atoms with van der Waals surface area (Å²) in [6.45, 7) is 5.16. The normalized spacial score (nSPS) is 11.0. The average Bonchev–Trinajstić information content (AvgIpc) is 2.96. The lowest BCUT2D eigenvalue weighted by molar-refractivity contribution is 0.687. The first-order valence-corrected chi connectivity index (χ1v) is 7.25. The topological polar surface area (TPSA) is 30.7 Å². The number of nitrogens with zero attached hydrogens (tertiary/aromatic N) is 3. The highest BCUT2D eigenvalue weighted by Crippen LogP contribution is 2.26. The second kappa shape index (κ2) is 5.92. The summed E-state index contributed by atoms with van der Waals surface area (Å²) in [6, 6.07) is 14.5. The molecule has 0 saturated heterocycles. The molecule has 0 aliphatic rings. The first-order chi connectivity index (χ1) is 10.2. The highest BCUT2D eigenvalue weighted by Gasteiger charge is 2.11. The molecule has 0 aliphatic carbocycles. The number of hydrogen-bond donors (Lipinski definition) is 0. The van der Waals surface area contributed by atoms with Gasteiger partial charge in [-0.05, 0) is 23.1 Å². The Bertz CT molecular complexity index is 714. The van der Waals surface area contributed by atoms with Gasteiger partial charge in [0.1, 0.15) is 0 Å². The molecular weight excluding hydrogens is 258 g/mol. The summed E-state index contributed by atoms with van der Waals surface area (Å²) in [6.07, 6.45) is 5.81. The van der Waals surface area contributed by atoms with E-state index in [1.165, 1.54) is 11.1 Å². The second-order valence-corrected chi connectivity index (χ2v) is 5.51. The lowest BCUT2D eigenvalue weighted by Gasteiger charge is -2.09. The van der Waals surface area contributed by atoms with Crippen LogP contribution in [-0.2, 0) is 6.54 Å². The van der Waals surface area contributed by atoms with E-state index < -0.39 is 0 Å². The van der Waals surface area contributed by atoms with Crippen LogP contribution in [0.3, 0.4) is 0 Å². The van der Waals surface area contributed by atoms with E-state index in [2.05, 4.69) is 60.5 Å². The summed E-state index contributed by atoms with van der Waals surface area (Å²) in [5.74, 6) is 0.450. The summed E-state index contributed by atoms with van der Waals surface area (Å²) >= 11 is 0. The van der Waals surface area contributed by atoms with Gasteiger partial charge in [0.2, 0.25) is 0 Å². The van der Waals surface area contributed by atoms with Crippen molar-refractivity contribution in [2.24, 2.45) is 0 Å². The van der Waals surface area contributed by atoms with Crippen LogP contribution in [0.4, 0.5) is 0 Å². The Balaban J connectivity index is 1.89. The summed E-state index contributed by atoms with van der Waals surface area (Å²) < 4.78 is 1.96. The van der Waals surface area contributed by atoms with Crippen molar-refractivity contribution in [2.45, 2.75) is 26.3 Å². The molecule has 0 N–H and O–H groups in total. The maximum atomic E-state index is 4.54. The van der Waals surface area contributed by atoms with Gasteiger partial charge >= 0.3 is 0 Å². The van der Waals surface area contributed by atoms with E-state index in [4.69, 9.17) is 0 Å². The molecule has 3 aromatic rings. The van der Waals surface area contributed by atoms with Gasteiger partial charge in [0.25, 0.3) is 0 Å². The van der Waals surface area contributed by atoms with Crippen molar-refractivity contribution in [2.75, 3.05) is 0 Å². The molecule has 0 spiro atoms. The first-order valence-electron chi connectivity index (χ1n) is 7.25. The third-order valence-electron chi connectivity index (χ3n) is 3.56. The Labute approximate surface area is 125 Å². The molecule has 0 radical (unpaired) electrons. The van der Waals surface area contributed by atoms with E-state index in [9.17, 15) is 0 Å². The Kier molecular flexibility index (Phi) is 3.82. The predicted octanol–water partition coefficient (Wildman–Crippen LogP) is 4.12. The van der Waals surface area contributed by atoms with Crippen LogP contribution < -0.4 is 0 Å². The number of hydrogen-bond acceptors (Lipinski definition) is 2. The van der Waals surface area contributed by atoms with Crippen molar-refractivity contribution >= 4 is 0 Å². The van der Waals surface area contributed by atoms with Gasteiger partial charge < -0.3 is 0 Å². The summed E-state index contributed by atoms with van der Waals surface area (Å²) in [5.41, 5.74) is 4.62. The molecule has 3 rings (SSSR count). The third kappa shape index (κ3) is 3.02. The molecule has 3 heteroatoms. The molecule has 0 aliphatic heterocycles. The smallest absolute Gasteiger partial charge is 0.0768 e. The molecule has 0 fully saturated rings. The maximum absolute atomic E-state index is 4.54. The Morgan fingerprint density at radius 3 is 2.62 bits per heavy atom. The predicted molar refractivity (Wildman–Crippen MR) is 85.1 cm³/mol. The molecule has 3 nitrogen and oxygen atoms in total. The number of aromatic nitrogens is 3. The number of pyridine rings is 1. The highest BCUT2D eigenvalue weighted by atomic mass is 15.3. The fourth-order valence-electron chi connectivity index (χ4n) is 2.47. The fourth-order valence-corrected chi connectivity index (χ4v) is 2.47. The van der Waals surface area contributed by atoms with Crippen LogP contribution in [0.2, 0.25) is 0 Å². The van der Waals surface area contributed by atoms with Crippen LogP contribution in [0, 0.1) is 0 Å². The van der Waals surface area contributed by atoms with Crippen LogP contribution in [-0.4, -0.2) is 14.8 Å². The van der Waals surface area contributed by atoms with Gasteiger partial charge in [0.05, 0.1) is 18.4 Å². The monoisotopic (exact) mass is 277 g/mol. The van der Waals surface area contributed by atoms with Gasteiger partial charge in [0, 0.05) is 18.0 Å². The molecule has 1 aromatic carbocycles. The van der Waals surface area contributed by atoms with Crippen molar-refractivity contribution in [3.8, 4) is 11.3 Å². The van der Waals surface area contributed by atoms with Crippen molar-refractivity contribution in [1.82, 2.24) is 14.8 Å². The van der Waals surface area contributed by atoms with Gasteiger partial charge in [-0.3, -0.25) is 9.67 Å². The average molecular weight is 277 g/mol. The van der Waals surface area contributed by atoms with E-state index in [1.54, 1.807) is 0 Å². The van der Waals surface area contributed by atoms with Crippen LogP contribution in [0.5, 0.6) is 0 Å². The van der Waals surface area contributed by atoms with Crippen molar-refractivity contribution in [3.05, 3.63) is 72.2 Å². The van der Waals surface area contributed by atoms with Crippen molar-refractivity contribution in [1.29, 1.82) is 0 Å². The Hall–Kier alpha value is -2.42. The number of benzene rings is 1. The lowest BCUT2D eigenvalue weighted by atomic mass is 9.99. The van der Waals surface area contributed by atoms with E-state index >= 15 is 0 Å². The molecule has 21 heavy (non-hydrogen) atoms. The zero-order valence-corrected chi connectivity index (χ0v) is 12.4. The molecule has 106 valence electrons. The fraction of sp³-hybridized carbons (Fsp3) is 0.222. The summed E-state index contributed by atoms with van der Waals surface area (Å²) in [5, 5.41) is 4.46. The minimum atomic E-state index is 0.450. The molecule has 0 unspecified atom stereocenters. The molecule has 0 bridgehead atoms. The van der Waals surface area contributed by atoms with E-state index in [-0.39, 0.29) is 0 Å². The van der Waals surface area contributed by atoms with Crippen molar-refractivity contribution < 1.29 is 0 Å². The molecule has 0 saturated carbocycles. The number of rotatable bonds is 4. The standard InChI is InChI=1S/C18H19N3/c1-14(2)17-9-6-10-19-18(17)16-11-20-21(13-16)12-15-7-4-3-5-8-15/h3-11,13-14H,12H2,1-2H3. The third-order valence-corrected chi connectivity index (χ3v) is 3.56. The maximum Gasteiger partial charge on any atom is 0.0768 e. The van der Waals surface area contributed by atoms with Gasteiger partial charge in [-0.25, -0.2) is 0 Å². The van der Waals surface area contributed by atoms with Crippen LogP contribution in [0.1, 0.15) is 30.9 Å². The van der Waals surface area contributed by atoms with Gasteiger partial charge in [-0.2, -0.15) is 5.10 Å². The molecule has 0 amide bonds. The molecule has 2 aromatic heterocycles. The van der Waals surface area contributed by atoms with Crippen molar-refractivity contribution in [3.63, 3.8) is 0 Å². The Morgan fingerprint density at radius 1 is 1.05 bits per heavy atom. The van der Waals surface area contributed by atoms with Gasteiger partial charge in [0.15, 0.2) is 0 Å². The van der Waals surface area contributed by atoms with Gasteiger partial charge in [-0.1, -0.05) is 50.2 Å². The van der Waals surface area contributed by atoms with E-state index in [0.29, 0.717) is 5.92 Å². The Morgan fingerprint density at radius 2 is 1.86 bits per heavy atom. The molecule has 2 heterocycles. The summed E-state index contributed by atoms with van der Waals surface area (Å²) in [7, 11) is 0. The van der Waals surface area contributed by atoms with Crippen LogP contribution >= 0.6 is 0 Å². The SMILES string of the molecule is CC(C)c1cccnc1-c1cnn(Cc2ccccc2)c1. The second-order valence-electron chi connectivity index (χ2n) is 5.51. The lowest BCUT2D eigenvalue weighted by Crippen LogP contribution is -1.99. The van der Waals surface area contributed by atoms with Gasteiger partial charge in [-0.15, -0.1) is 0 Å². The molecular formula is C18H19N3.